The molecular weight excluding hydrogens is 387 g/mol. The van der Waals surface area contributed by atoms with Gasteiger partial charge in [0.25, 0.3) is 11.8 Å². The maximum atomic E-state index is 12.7. The maximum Gasteiger partial charge on any atom is 0.433 e. The standard InChI is InChI=1S/C19H20F3N5O2/c20-19(21,22)16-5-4-13(12-23-16)17(28)25-7-9-26(10-8-25)18(29)15-11-14-3-1-2-6-27(14)24-15/h4-5,11-12H,1-3,6-10H2. The van der Waals surface area contributed by atoms with Crippen molar-refractivity contribution in [2.75, 3.05) is 26.2 Å². The smallest absolute Gasteiger partial charge is 0.335 e. The van der Waals surface area contributed by atoms with Crippen molar-refractivity contribution >= 4 is 11.8 Å². The quantitative estimate of drug-likeness (QED) is 0.766. The van der Waals surface area contributed by atoms with E-state index in [1.807, 2.05) is 10.7 Å². The molecule has 1 saturated heterocycles. The lowest BCUT2D eigenvalue weighted by Gasteiger charge is -2.34. The lowest BCUT2D eigenvalue weighted by atomic mass is 10.1. The molecule has 7 nitrogen and oxygen atoms in total. The fraction of sp³-hybridized carbons (Fsp3) is 0.474. The van der Waals surface area contributed by atoms with Gasteiger partial charge in [-0.15, -0.1) is 0 Å². The molecule has 29 heavy (non-hydrogen) atoms. The third kappa shape index (κ3) is 3.96. The number of aryl methyl sites for hydroxylation is 2. The highest BCUT2D eigenvalue weighted by molar-refractivity contribution is 5.95. The fourth-order valence-corrected chi connectivity index (χ4v) is 3.67. The zero-order valence-electron chi connectivity index (χ0n) is 15.7. The van der Waals surface area contributed by atoms with Gasteiger partial charge in [0, 0.05) is 44.6 Å². The molecule has 2 aliphatic rings. The summed E-state index contributed by atoms with van der Waals surface area (Å²) in [6.07, 6.45) is -0.525. The summed E-state index contributed by atoms with van der Waals surface area (Å²) in [6, 6.07) is 3.77. The van der Waals surface area contributed by atoms with Gasteiger partial charge < -0.3 is 9.80 Å². The van der Waals surface area contributed by atoms with E-state index in [1.165, 1.54) is 4.90 Å². The third-order valence-corrected chi connectivity index (χ3v) is 5.29. The highest BCUT2D eigenvalue weighted by Crippen LogP contribution is 2.27. The van der Waals surface area contributed by atoms with E-state index in [4.69, 9.17) is 0 Å². The van der Waals surface area contributed by atoms with Crippen molar-refractivity contribution < 1.29 is 22.8 Å². The highest BCUT2D eigenvalue weighted by Gasteiger charge is 2.33. The minimum atomic E-state index is -4.54. The van der Waals surface area contributed by atoms with Crippen molar-refractivity contribution in [3.63, 3.8) is 0 Å². The van der Waals surface area contributed by atoms with Gasteiger partial charge in [0.2, 0.25) is 0 Å². The SMILES string of the molecule is O=C(c1ccc(C(F)(F)F)nc1)N1CCN(C(=O)c2cc3n(n2)CCCC3)CC1. The molecule has 0 bridgehead atoms. The number of fused-ring (bicyclic) bond motifs is 1. The molecule has 0 unspecified atom stereocenters. The summed E-state index contributed by atoms with van der Waals surface area (Å²) in [6.45, 7) is 2.13. The average molecular weight is 407 g/mol. The molecule has 2 aliphatic heterocycles. The number of hydrogen-bond acceptors (Lipinski definition) is 4. The lowest BCUT2D eigenvalue weighted by molar-refractivity contribution is -0.141. The topological polar surface area (TPSA) is 71.3 Å². The fourth-order valence-electron chi connectivity index (χ4n) is 3.67. The van der Waals surface area contributed by atoms with Crippen LogP contribution in [0, 0.1) is 0 Å². The second-order valence-corrected chi connectivity index (χ2v) is 7.22. The first-order valence-corrected chi connectivity index (χ1v) is 9.51. The molecule has 2 aromatic rings. The van der Waals surface area contributed by atoms with Crippen LogP contribution in [0.15, 0.2) is 24.4 Å². The number of aromatic nitrogens is 3. The van der Waals surface area contributed by atoms with Gasteiger partial charge in [-0.3, -0.25) is 19.3 Å². The van der Waals surface area contributed by atoms with E-state index < -0.39 is 17.8 Å². The number of piperazine rings is 1. The first kappa shape index (κ1) is 19.4. The van der Waals surface area contributed by atoms with E-state index in [0.717, 1.165) is 49.8 Å². The van der Waals surface area contributed by atoms with Crippen molar-refractivity contribution in [2.45, 2.75) is 32.0 Å². The second-order valence-electron chi connectivity index (χ2n) is 7.22. The van der Waals surface area contributed by atoms with E-state index in [0.29, 0.717) is 31.9 Å². The van der Waals surface area contributed by atoms with Crippen LogP contribution >= 0.6 is 0 Å². The first-order chi connectivity index (χ1) is 13.8. The van der Waals surface area contributed by atoms with Gasteiger partial charge in [0.05, 0.1) is 5.56 Å². The summed E-state index contributed by atoms with van der Waals surface area (Å²) < 4.78 is 39.7. The Kier molecular flexibility index (Phi) is 5.01. The monoisotopic (exact) mass is 407 g/mol. The molecule has 0 aliphatic carbocycles. The molecule has 4 heterocycles. The molecule has 2 amide bonds. The second kappa shape index (κ2) is 7.49. The van der Waals surface area contributed by atoms with Crippen LogP contribution in [0.5, 0.6) is 0 Å². The number of pyridine rings is 1. The van der Waals surface area contributed by atoms with E-state index in [1.54, 1.807) is 4.90 Å². The number of nitrogens with zero attached hydrogens (tertiary/aromatic N) is 5. The number of rotatable bonds is 2. The Morgan fingerprint density at radius 2 is 1.62 bits per heavy atom. The largest absolute Gasteiger partial charge is 0.433 e. The Bertz CT molecular complexity index is 891. The number of alkyl halides is 3. The number of hydrogen-bond donors (Lipinski definition) is 0. The van der Waals surface area contributed by atoms with E-state index >= 15 is 0 Å². The van der Waals surface area contributed by atoms with E-state index in [-0.39, 0.29) is 11.5 Å². The lowest BCUT2D eigenvalue weighted by Crippen LogP contribution is -2.50. The number of halogens is 3. The van der Waals surface area contributed by atoms with Gasteiger partial charge in [-0.05, 0) is 37.5 Å². The zero-order valence-corrected chi connectivity index (χ0v) is 15.7. The van der Waals surface area contributed by atoms with Crippen LogP contribution in [-0.4, -0.2) is 62.6 Å². The van der Waals surface area contributed by atoms with E-state index in [9.17, 15) is 22.8 Å². The Morgan fingerprint density at radius 3 is 2.21 bits per heavy atom. The minimum absolute atomic E-state index is 0.0968. The van der Waals surface area contributed by atoms with Crippen LogP contribution in [0.1, 0.15) is 45.1 Å². The van der Waals surface area contributed by atoms with Gasteiger partial charge in [0.1, 0.15) is 5.69 Å². The Hall–Kier alpha value is -2.91. The first-order valence-electron chi connectivity index (χ1n) is 9.51. The van der Waals surface area contributed by atoms with E-state index in [2.05, 4.69) is 10.1 Å². The molecule has 0 saturated carbocycles. The molecule has 0 spiro atoms. The Morgan fingerprint density at radius 1 is 0.931 bits per heavy atom. The summed E-state index contributed by atoms with van der Waals surface area (Å²) >= 11 is 0. The van der Waals surface area contributed by atoms with Crippen LogP contribution in [0.4, 0.5) is 13.2 Å². The van der Waals surface area contributed by atoms with Gasteiger partial charge in [-0.1, -0.05) is 0 Å². The van der Waals surface area contributed by atoms with Crippen molar-refractivity contribution in [1.82, 2.24) is 24.6 Å². The summed E-state index contributed by atoms with van der Waals surface area (Å²) in [5.41, 5.74) is 0.559. The van der Waals surface area contributed by atoms with Gasteiger partial charge in [-0.25, -0.2) is 0 Å². The van der Waals surface area contributed by atoms with Crippen LogP contribution in [0.2, 0.25) is 0 Å². The van der Waals surface area contributed by atoms with Crippen molar-refractivity contribution in [1.29, 1.82) is 0 Å². The molecular formula is C19H20F3N5O2. The predicted molar refractivity (Wildman–Crippen MR) is 96.2 cm³/mol. The van der Waals surface area contributed by atoms with Crippen LogP contribution in [0.3, 0.4) is 0 Å². The molecule has 0 radical (unpaired) electrons. The third-order valence-electron chi connectivity index (χ3n) is 5.29. The number of carbonyl (C=O) groups excluding carboxylic acids is 2. The molecule has 10 heteroatoms. The summed E-state index contributed by atoms with van der Waals surface area (Å²) in [4.78, 5) is 31.8. The molecule has 2 aromatic heterocycles. The van der Waals surface area contributed by atoms with Crippen molar-refractivity contribution in [3.05, 3.63) is 47.0 Å². The maximum absolute atomic E-state index is 12.7. The Balaban J connectivity index is 1.37. The Labute approximate surface area is 165 Å². The van der Waals surface area contributed by atoms with Crippen molar-refractivity contribution in [2.24, 2.45) is 0 Å². The summed E-state index contributed by atoms with van der Waals surface area (Å²) in [5.74, 6) is -0.550. The van der Waals surface area contributed by atoms with Gasteiger partial charge in [0.15, 0.2) is 5.69 Å². The minimum Gasteiger partial charge on any atom is -0.335 e. The predicted octanol–water partition coefficient (Wildman–Crippen LogP) is 2.23. The number of amides is 2. The number of carbonyl (C=O) groups is 2. The zero-order chi connectivity index (χ0) is 20.6. The normalized spacial score (nSPS) is 17.2. The molecule has 0 N–H and O–H groups in total. The van der Waals surface area contributed by atoms with Gasteiger partial charge >= 0.3 is 6.18 Å². The summed E-state index contributed by atoms with van der Waals surface area (Å²) in [5, 5.41) is 4.40. The molecule has 0 atom stereocenters. The molecule has 4 rings (SSSR count). The van der Waals surface area contributed by atoms with Crippen LogP contribution in [0.25, 0.3) is 0 Å². The summed E-state index contributed by atoms with van der Waals surface area (Å²) in [7, 11) is 0. The average Bonchev–Trinajstić information content (AvgIpc) is 3.16. The molecule has 0 aromatic carbocycles. The highest BCUT2D eigenvalue weighted by atomic mass is 19.4. The van der Waals surface area contributed by atoms with Crippen LogP contribution < -0.4 is 0 Å². The van der Waals surface area contributed by atoms with Crippen molar-refractivity contribution in [3.8, 4) is 0 Å². The molecule has 1 fully saturated rings. The molecule has 154 valence electrons. The van der Waals surface area contributed by atoms with Gasteiger partial charge in [-0.2, -0.15) is 18.3 Å². The van der Waals surface area contributed by atoms with Crippen LogP contribution in [-0.2, 0) is 19.1 Å².